The summed E-state index contributed by atoms with van der Waals surface area (Å²) < 4.78 is 5.23. The first kappa shape index (κ1) is 16.0. The average Bonchev–Trinajstić information content (AvgIpc) is 2.90. The summed E-state index contributed by atoms with van der Waals surface area (Å²) in [6.45, 7) is 7.53. The first-order valence-electron chi connectivity index (χ1n) is 7.30. The predicted molar refractivity (Wildman–Crippen MR) is 85.1 cm³/mol. The minimum atomic E-state index is -0.150. The minimum Gasteiger partial charge on any atom is -0.382 e. The fourth-order valence-electron chi connectivity index (χ4n) is 2.08. The van der Waals surface area contributed by atoms with E-state index in [-0.39, 0.29) is 5.91 Å². The normalized spacial score (nSPS) is 15.2. The first-order valence-corrected chi connectivity index (χ1v) is 8.12. The Balaban J connectivity index is 1.87. The summed E-state index contributed by atoms with van der Waals surface area (Å²) in [5.41, 5.74) is 5.87. The quantitative estimate of drug-likeness (QED) is 0.627. The van der Waals surface area contributed by atoms with Crippen LogP contribution >= 0.6 is 11.3 Å². The molecule has 0 saturated carbocycles. The number of piperazine rings is 1. The smallest absolute Gasteiger partial charge is 0.265 e. The molecule has 1 aromatic rings. The molecule has 0 bridgehead atoms. The molecule has 0 atom stereocenters. The van der Waals surface area contributed by atoms with Crippen LogP contribution in [0.2, 0.25) is 0 Å². The molecule has 0 radical (unpaired) electrons. The van der Waals surface area contributed by atoms with E-state index in [1.54, 1.807) is 0 Å². The van der Waals surface area contributed by atoms with E-state index in [9.17, 15) is 4.79 Å². The van der Waals surface area contributed by atoms with Crippen molar-refractivity contribution in [1.82, 2.24) is 15.6 Å². The maximum absolute atomic E-state index is 12.1. The number of amides is 1. The first-order chi connectivity index (χ1) is 10.2. The highest BCUT2D eigenvalue weighted by molar-refractivity contribution is 7.18. The van der Waals surface area contributed by atoms with E-state index in [4.69, 9.17) is 10.5 Å². The molecule has 118 valence electrons. The highest BCUT2D eigenvalue weighted by atomic mass is 32.1. The summed E-state index contributed by atoms with van der Waals surface area (Å²) >= 11 is 1.36. The van der Waals surface area contributed by atoms with E-state index in [0.29, 0.717) is 30.5 Å². The van der Waals surface area contributed by atoms with Gasteiger partial charge in [0.25, 0.3) is 5.91 Å². The van der Waals surface area contributed by atoms with E-state index in [1.165, 1.54) is 11.3 Å². The average molecular weight is 313 g/mol. The lowest BCUT2D eigenvalue weighted by Gasteiger charge is -2.26. The molecule has 0 unspecified atom stereocenters. The van der Waals surface area contributed by atoms with Crippen molar-refractivity contribution in [3.05, 3.63) is 4.88 Å². The molecule has 2 heterocycles. The SMILES string of the molecule is CCOCCCNC(=O)c1sc(N2CCNCC2)nc1N. The predicted octanol–water partition coefficient (Wildman–Crippen LogP) is 0.291. The minimum absolute atomic E-state index is 0.150. The summed E-state index contributed by atoms with van der Waals surface area (Å²) in [5, 5.41) is 6.97. The Morgan fingerprint density at radius 3 is 3.00 bits per heavy atom. The number of carbonyl (C=O) groups is 1. The van der Waals surface area contributed by atoms with Crippen LogP contribution in [0.3, 0.4) is 0 Å². The van der Waals surface area contributed by atoms with Gasteiger partial charge in [-0.1, -0.05) is 11.3 Å². The zero-order chi connectivity index (χ0) is 15.1. The third-order valence-corrected chi connectivity index (χ3v) is 4.32. The van der Waals surface area contributed by atoms with Gasteiger partial charge in [-0.25, -0.2) is 4.98 Å². The molecule has 21 heavy (non-hydrogen) atoms. The number of nitrogens with two attached hydrogens (primary N) is 1. The van der Waals surface area contributed by atoms with Crippen LogP contribution in [0.15, 0.2) is 0 Å². The van der Waals surface area contributed by atoms with Crippen molar-refractivity contribution in [2.75, 3.05) is 56.6 Å². The Labute approximate surface area is 128 Å². The van der Waals surface area contributed by atoms with Gasteiger partial charge in [-0.3, -0.25) is 4.79 Å². The van der Waals surface area contributed by atoms with Crippen LogP contribution in [0.1, 0.15) is 23.0 Å². The molecule has 2 rings (SSSR count). The molecule has 1 saturated heterocycles. The highest BCUT2D eigenvalue weighted by Gasteiger charge is 2.20. The van der Waals surface area contributed by atoms with Crippen LogP contribution in [-0.4, -0.2) is 56.8 Å². The van der Waals surface area contributed by atoms with Crippen molar-refractivity contribution in [1.29, 1.82) is 0 Å². The topological polar surface area (TPSA) is 92.5 Å². The number of thiazole rings is 1. The standard InChI is InChI=1S/C13H23N5O2S/c1-2-20-9-3-4-16-12(19)10-11(14)17-13(21-10)18-7-5-15-6-8-18/h15H,2-9,14H2,1H3,(H,16,19). The third kappa shape index (κ3) is 4.55. The van der Waals surface area contributed by atoms with Crippen molar-refractivity contribution in [2.24, 2.45) is 0 Å². The molecule has 8 heteroatoms. The van der Waals surface area contributed by atoms with Gasteiger partial charge in [0.05, 0.1) is 0 Å². The molecule has 7 nitrogen and oxygen atoms in total. The number of nitrogen functional groups attached to an aromatic ring is 1. The molecule has 1 aliphatic rings. The molecule has 1 fully saturated rings. The largest absolute Gasteiger partial charge is 0.382 e. The molecule has 4 N–H and O–H groups in total. The van der Waals surface area contributed by atoms with Crippen LogP contribution in [0, 0.1) is 0 Å². The Hall–Kier alpha value is -1.38. The molecular formula is C13H23N5O2S. The lowest BCUT2D eigenvalue weighted by molar-refractivity contribution is 0.0949. The highest BCUT2D eigenvalue weighted by Crippen LogP contribution is 2.28. The summed E-state index contributed by atoms with van der Waals surface area (Å²) in [6.07, 6.45) is 0.795. The number of hydrogen-bond acceptors (Lipinski definition) is 7. The number of aromatic nitrogens is 1. The molecule has 1 aromatic heterocycles. The van der Waals surface area contributed by atoms with E-state index in [1.807, 2.05) is 6.92 Å². The van der Waals surface area contributed by atoms with Crippen molar-refractivity contribution in [2.45, 2.75) is 13.3 Å². The van der Waals surface area contributed by atoms with Gasteiger partial charge in [-0.2, -0.15) is 0 Å². The summed E-state index contributed by atoms with van der Waals surface area (Å²) in [4.78, 5) is 19.1. The number of nitrogens with one attached hydrogen (secondary N) is 2. The lowest BCUT2D eigenvalue weighted by atomic mass is 10.4. The summed E-state index contributed by atoms with van der Waals surface area (Å²) in [5.74, 6) is 0.165. The molecule has 0 aromatic carbocycles. The fraction of sp³-hybridized carbons (Fsp3) is 0.692. The van der Waals surface area contributed by atoms with Gasteiger partial charge in [0.2, 0.25) is 0 Å². The van der Waals surface area contributed by atoms with Crippen molar-refractivity contribution in [3.63, 3.8) is 0 Å². The van der Waals surface area contributed by atoms with Gasteiger partial charge < -0.3 is 26.0 Å². The second-order valence-electron chi connectivity index (χ2n) is 4.75. The monoisotopic (exact) mass is 313 g/mol. The second kappa shape index (κ2) is 8.16. The zero-order valence-electron chi connectivity index (χ0n) is 12.4. The van der Waals surface area contributed by atoms with Gasteiger partial charge in [-0.05, 0) is 13.3 Å². The molecule has 0 spiro atoms. The Bertz CT molecular complexity index is 459. The molecule has 0 aliphatic carbocycles. The summed E-state index contributed by atoms with van der Waals surface area (Å²) in [6, 6.07) is 0. The number of anilines is 2. The van der Waals surface area contributed by atoms with E-state index in [2.05, 4.69) is 20.5 Å². The maximum Gasteiger partial charge on any atom is 0.265 e. The molecule has 1 aliphatic heterocycles. The van der Waals surface area contributed by atoms with E-state index >= 15 is 0 Å². The Morgan fingerprint density at radius 1 is 1.52 bits per heavy atom. The van der Waals surface area contributed by atoms with Gasteiger partial charge in [-0.15, -0.1) is 0 Å². The van der Waals surface area contributed by atoms with Crippen LogP contribution in [0.5, 0.6) is 0 Å². The number of rotatable bonds is 7. The number of ether oxygens (including phenoxy) is 1. The lowest BCUT2D eigenvalue weighted by Crippen LogP contribution is -2.43. The third-order valence-electron chi connectivity index (χ3n) is 3.19. The molecular weight excluding hydrogens is 290 g/mol. The van der Waals surface area contributed by atoms with Crippen molar-refractivity contribution < 1.29 is 9.53 Å². The second-order valence-corrected chi connectivity index (χ2v) is 5.73. The number of carbonyl (C=O) groups excluding carboxylic acids is 1. The van der Waals surface area contributed by atoms with Crippen LogP contribution in [0.25, 0.3) is 0 Å². The fourth-order valence-corrected chi connectivity index (χ4v) is 3.03. The summed E-state index contributed by atoms with van der Waals surface area (Å²) in [7, 11) is 0. The maximum atomic E-state index is 12.1. The Kier molecular flexibility index (Phi) is 6.21. The van der Waals surface area contributed by atoms with Gasteiger partial charge >= 0.3 is 0 Å². The Morgan fingerprint density at radius 2 is 2.29 bits per heavy atom. The van der Waals surface area contributed by atoms with Crippen LogP contribution in [-0.2, 0) is 4.74 Å². The van der Waals surface area contributed by atoms with Gasteiger partial charge in [0, 0.05) is 45.9 Å². The van der Waals surface area contributed by atoms with Crippen LogP contribution in [0.4, 0.5) is 10.9 Å². The van der Waals surface area contributed by atoms with Gasteiger partial charge in [0.15, 0.2) is 5.13 Å². The van der Waals surface area contributed by atoms with Gasteiger partial charge in [0.1, 0.15) is 10.7 Å². The number of hydrogen-bond donors (Lipinski definition) is 3. The number of nitrogens with zero attached hydrogens (tertiary/aromatic N) is 2. The molecule has 1 amide bonds. The zero-order valence-corrected chi connectivity index (χ0v) is 13.2. The van der Waals surface area contributed by atoms with Crippen LogP contribution < -0.4 is 21.3 Å². The van der Waals surface area contributed by atoms with E-state index in [0.717, 1.165) is 37.7 Å². The van der Waals surface area contributed by atoms with E-state index < -0.39 is 0 Å². The van der Waals surface area contributed by atoms with Crippen molar-refractivity contribution >= 4 is 28.2 Å². The van der Waals surface area contributed by atoms with Crippen molar-refractivity contribution in [3.8, 4) is 0 Å².